The number of carbonyl (C=O) groups is 1. The highest BCUT2D eigenvalue weighted by Gasteiger charge is 2.25. The Morgan fingerprint density at radius 1 is 1.12 bits per heavy atom. The largest absolute Gasteiger partial charge is 0.342 e. The van der Waals surface area contributed by atoms with Crippen LogP contribution in [0.2, 0.25) is 10.0 Å². The van der Waals surface area contributed by atoms with Gasteiger partial charge in [-0.3, -0.25) is 4.79 Å². The average molecular weight is 389 g/mol. The smallest absolute Gasteiger partial charge is 0.274 e. The summed E-state index contributed by atoms with van der Waals surface area (Å²) in [6.45, 7) is 4.33. The van der Waals surface area contributed by atoms with E-state index in [0.29, 0.717) is 16.6 Å². The van der Waals surface area contributed by atoms with Gasteiger partial charge < -0.3 is 5.32 Å². The lowest BCUT2D eigenvalue weighted by Gasteiger charge is -2.26. The summed E-state index contributed by atoms with van der Waals surface area (Å²) in [6.07, 6.45) is 1.63. The number of halogens is 2. The first-order chi connectivity index (χ1) is 12.3. The number of rotatable bonds is 5. The van der Waals surface area contributed by atoms with E-state index >= 15 is 0 Å². The second-order valence-electron chi connectivity index (χ2n) is 6.49. The van der Waals surface area contributed by atoms with Crippen molar-refractivity contribution < 1.29 is 4.79 Å². The van der Waals surface area contributed by atoms with Crippen LogP contribution in [0, 0.1) is 0 Å². The van der Waals surface area contributed by atoms with Crippen molar-refractivity contribution in [2.45, 2.75) is 25.9 Å². The summed E-state index contributed by atoms with van der Waals surface area (Å²) >= 11 is 12.0. The highest BCUT2D eigenvalue weighted by Crippen LogP contribution is 2.28. The summed E-state index contributed by atoms with van der Waals surface area (Å²) in [7, 11) is 0. The molecule has 1 heterocycles. The molecule has 0 radical (unpaired) electrons. The molecule has 26 heavy (non-hydrogen) atoms. The van der Waals surface area contributed by atoms with Crippen molar-refractivity contribution >= 4 is 29.1 Å². The predicted octanol–water partition coefficient (Wildman–Crippen LogP) is 4.30. The first-order valence-corrected chi connectivity index (χ1v) is 8.83. The third-order valence-electron chi connectivity index (χ3n) is 4.03. The van der Waals surface area contributed by atoms with Gasteiger partial charge in [-0.1, -0.05) is 64.8 Å². The lowest BCUT2D eigenvalue weighted by atomic mass is 9.94. The molecule has 0 aliphatic rings. The van der Waals surface area contributed by atoms with Crippen molar-refractivity contribution in [1.29, 1.82) is 0 Å². The lowest BCUT2D eigenvalue weighted by Crippen LogP contribution is -2.41. The van der Waals surface area contributed by atoms with Gasteiger partial charge in [0, 0.05) is 0 Å². The van der Waals surface area contributed by atoms with Crippen molar-refractivity contribution in [3.8, 4) is 0 Å². The second kappa shape index (κ2) is 7.48. The van der Waals surface area contributed by atoms with E-state index in [9.17, 15) is 4.79 Å². The van der Waals surface area contributed by atoms with Crippen LogP contribution in [-0.4, -0.2) is 20.9 Å². The van der Waals surface area contributed by atoms with Crippen LogP contribution >= 0.6 is 23.2 Å². The molecule has 0 aliphatic carbocycles. The average Bonchev–Trinajstić information content (AvgIpc) is 3.06. The molecule has 0 aliphatic heterocycles. The molecule has 1 amide bonds. The first-order valence-electron chi connectivity index (χ1n) is 8.07. The third kappa shape index (κ3) is 4.23. The van der Waals surface area contributed by atoms with Gasteiger partial charge in [0.05, 0.1) is 28.3 Å². The molecule has 7 heteroatoms. The molecule has 5 nitrogen and oxygen atoms in total. The summed E-state index contributed by atoms with van der Waals surface area (Å²) in [5.74, 6) is -0.305. The minimum atomic E-state index is -0.644. The van der Waals surface area contributed by atoms with E-state index in [-0.39, 0.29) is 11.6 Å². The third-order valence-corrected chi connectivity index (χ3v) is 4.77. The van der Waals surface area contributed by atoms with E-state index in [1.54, 1.807) is 23.0 Å². The molecule has 0 saturated carbocycles. The molecular formula is C19H18Cl2N4O. The highest BCUT2D eigenvalue weighted by molar-refractivity contribution is 6.42. The van der Waals surface area contributed by atoms with E-state index in [4.69, 9.17) is 23.2 Å². The fourth-order valence-corrected chi connectivity index (χ4v) is 2.85. The molecule has 0 saturated heterocycles. The topological polar surface area (TPSA) is 59.8 Å². The number of nitrogens with one attached hydrogen (secondary N) is 1. The van der Waals surface area contributed by atoms with E-state index < -0.39 is 5.54 Å². The van der Waals surface area contributed by atoms with E-state index in [1.165, 1.54) is 0 Å². The Kier molecular flexibility index (Phi) is 5.30. The normalized spacial score (nSPS) is 11.4. The van der Waals surface area contributed by atoms with Gasteiger partial charge in [0.1, 0.15) is 0 Å². The Morgan fingerprint density at radius 2 is 1.85 bits per heavy atom. The van der Waals surface area contributed by atoms with Gasteiger partial charge in [-0.25, -0.2) is 4.68 Å². The van der Waals surface area contributed by atoms with Crippen LogP contribution in [0.25, 0.3) is 0 Å². The minimum Gasteiger partial charge on any atom is -0.342 e. The molecule has 2 aromatic carbocycles. The Hall–Kier alpha value is -2.37. The van der Waals surface area contributed by atoms with Crippen LogP contribution in [0.5, 0.6) is 0 Å². The molecule has 1 N–H and O–H groups in total. The summed E-state index contributed by atoms with van der Waals surface area (Å²) in [4.78, 5) is 12.6. The van der Waals surface area contributed by atoms with Crippen molar-refractivity contribution in [2.75, 3.05) is 0 Å². The van der Waals surface area contributed by atoms with Crippen molar-refractivity contribution in [3.05, 3.63) is 81.6 Å². The number of hydrogen-bond acceptors (Lipinski definition) is 3. The fraction of sp³-hybridized carbons (Fsp3) is 0.211. The number of nitrogens with zero attached hydrogens (tertiary/aromatic N) is 3. The standard InChI is InChI=1S/C19H18Cl2N4O/c1-19(2,14-8-9-15(20)16(21)10-14)22-18(26)17-12-25(24-23-17)11-13-6-4-3-5-7-13/h3-10,12H,11H2,1-2H3,(H,22,26). The number of hydrogen-bond donors (Lipinski definition) is 1. The van der Waals surface area contributed by atoms with Crippen LogP contribution in [-0.2, 0) is 12.1 Å². The molecule has 0 atom stereocenters. The predicted molar refractivity (Wildman–Crippen MR) is 103 cm³/mol. The van der Waals surface area contributed by atoms with Crippen LogP contribution in [0.4, 0.5) is 0 Å². The second-order valence-corrected chi connectivity index (χ2v) is 7.31. The number of aromatic nitrogens is 3. The minimum absolute atomic E-state index is 0.258. The SMILES string of the molecule is CC(C)(NC(=O)c1cn(Cc2ccccc2)nn1)c1ccc(Cl)c(Cl)c1. The van der Waals surface area contributed by atoms with Crippen LogP contribution in [0.1, 0.15) is 35.5 Å². The summed E-state index contributed by atoms with van der Waals surface area (Å²) in [6, 6.07) is 15.2. The number of carbonyl (C=O) groups excluding carboxylic acids is 1. The number of benzene rings is 2. The molecule has 3 rings (SSSR count). The van der Waals surface area contributed by atoms with Crippen LogP contribution < -0.4 is 5.32 Å². The molecule has 0 unspecified atom stereocenters. The Labute approximate surface area is 161 Å². The maximum absolute atomic E-state index is 12.6. The Balaban J connectivity index is 1.72. The molecular weight excluding hydrogens is 371 g/mol. The maximum atomic E-state index is 12.6. The number of amides is 1. The molecule has 0 spiro atoms. The quantitative estimate of drug-likeness (QED) is 0.708. The van der Waals surface area contributed by atoms with Crippen LogP contribution in [0.15, 0.2) is 54.7 Å². The van der Waals surface area contributed by atoms with Gasteiger partial charge in [0.25, 0.3) is 5.91 Å². The van der Waals surface area contributed by atoms with Crippen molar-refractivity contribution in [1.82, 2.24) is 20.3 Å². The van der Waals surface area contributed by atoms with Gasteiger partial charge in [-0.2, -0.15) is 0 Å². The summed E-state index contributed by atoms with van der Waals surface area (Å²) < 4.78 is 1.64. The fourth-order valence-electron chi connectivity index (χ4n) is 2.56. The highest BCUT2D eigenvalue weighted by atomic mass is 35.5. The van der Waals surface area contributed by atoms with E-state index in [0.717, 1.165) is 11.1 Å². The molecule has 3 aromatic rings. The van der Waals surface area contributed by atoms with Gasteiger partial charge in [0.2, 0.25) is 0 Å². The molecule has 1 aromatic heterocycles. The van der Waals surface area contributed by atoms with Gasteiger partial charge in [-0.15, -0.1) is 5.10 Å². The zero-order valence-electron chi connectivity index (χ0n) is 14.4. The van der Waals surface area contributed by atoms with Crippen molar-refractivity contribution in [2.24, 2.45) is 0 Å². The zero-order valence-corrected chi connectivity index (χ0v) is 15.9. The maximum Gasteiger partial charge on any atom is 0.274 e. The molecule has 134 valence electrons. The molecule has 0 bridgehead atoms. The van der Waals surface area contributed by atoms with Gasteiger partial charge in [-0.05, 0) is 37.1 Å². The first kappa shape index (κ1) is 18.4. The van der Waals surface area contributed by atoms with Gasteiger partial charge in [0.15, 0.2) is 5.69 Å². The van der Waals surface area contributed by atoms with E-state index in [2.05, 4.69) is 15.6 Å². The monoisotopic (exact) mass is 388 g/mol. The Morgan fingerprint density at radius 3 is 2.54 bits per heavy atom. The van der Waals surface area contributed by atoms with Gasteiger partial charge >= 0.3 is 0 Å². The Bertz CT molecular complexity index is 922. The van der Waals surface area contributed by atoms with Crippen LogP contribution in [0.3, 0.4) is 0 Å². The lowest BCUT2D eigenvalue weighted by molar-refractivity contribution is 0.0907. The zero-order chi connectivity index (χ0) is 18.7. The molecule has 0 fully saturated rings. The summed E-state index contributed by atoms with van der Waals surface area (Å²) in [5, 5.41) is 11.9. The van der Waals surface area contributed by atoms with Crippen molar-refractivity contribution in [3.63, 3.8) is 0 Å². The summed E-state index contributed by atoms with van der Waals surface area (Å²) in [5.41, 5.74) is 1.54. The van der Waals surface area contributed by atoms with E-state index in [1.807, 2.05) is 50.2 Å².